The van der Waals surface area contributed by atoms with Crippen LogP contribution in [0.3, 0.4) is 0 Å². The number of phenolic OH excluding ortho intramolecular Hbond substituents is 1. The Morgan fingerprint density at radius 1 is 1.03 bits per heavy atom. The van der Waals surface area contributed by atoms with E-state index in [4.69, 9.17) is 23.2 Å². The molecule has 0 fully saturated rings. The van der Waals surface area contributed by atoms with Gasteiger partial charge in [0.15, 0.2) is 0 Å². The van der Waals surface area contributed by atoms with Crippen molar-refractivity contribution in [2.45, 2.75) is 31.2 Å². The zero-order valence-electron chi connectivity index (χ0n) is 18.3. The number of rotatable bonds is 11. The van der Waals surface area contributed by atoms with Gasteiger partial charge in [-0.05, 0) is 59.7 Å². The molecule has 1 heterocycles. The third-order valence-electron chi connectivity index (χ3n) is 5.22. The first-order valence-corrected chi connectivity index (χ1v) is 12.2. The molecule has 1 aromatic heterocycles. The molecule has 0 bridgehead atoms. The van der Waals surface area contributed by atoms with Crippen LogP contribution in [-0.2, 0) is 11.2 Å². The summed E-state index contributed by atoms with van der Waals surface area (Å²) in [5.41, 5.74) is 1.16. The second-order valence-electron chi connectivity index (χ2n) is 7.77. The molecule has 0 radical (unpaired) electrons. The van der Waals surface area contributed by atoms with E-state index in [9.17, 15) is 30.0 Å². The van der Waals surface area contributed by atoms with Crippen LogP contribution < -0.4 is 10.6 Å². The summed E-state index contributed by atoms with van der Waals surface area (Å²) in [6.45, 7) is -0.236. The number of carbonyl (C=O) groups excluding carboxylic acids is 1. The van der Waals surface area contributed by atoms with Gasteiger partial charge in [0.25, 0.3) is 5.91 Å². The van der Waals surface area contributed by atoms with Crippen LogP contribution in [0.1, 0.15) is 45.1 Å². The summed E-state index contributed by atoms with van der Waals surface area (Å²) < 4.78 is 0. The maximum Gasteiger partial charge on any atom is 0.327 e. The number of aromatic hydroxyl groups is 1. The van der Waals surface area contributed by atoms with Crippen molar-refractivity contribution in [2.75, 3.05) is 6.54 Å². The fourth-order valence-electron chi connectivity index (χ4n) is 3.40. The Balaban J connectivity index is 1.63. The molecule has 0 saturated heterocycles. The van der Waals surface area contributed by atoms with Gasteiger partial charge in [-0.25, -0.2) is 4.79 Å². The predicted octanol–water partition coefficient (Wildman–Crippen LogP) is 3.89. The van der Waals surface area contributed by atoms with Gasteiger partial charge in [-0.3, -0.25) is 10.1 Å². The number of phenols is 1. The van der Waals surface area contributed by atoms with E-state index in [0.29, 0.717) is 28.8 Å². The van der Waals surface area contributed by atoms with Crippen molar-refractivity contribution in [3.8, 4) is 5.75 Å². The molecule has 186 valence electrons. The number of hydrogen-bond acceptors (Lipinski definition) is 7. The Kier molecular flexibility index (Phi) is 9.50. The lowest BCUT2D eigenvalue weighted by Gasteiger charge is -2.19. The lowest BCUT2D eigenvalue weighted by Crippen LogP contribution is -2.48. The topological polar surface area (TPSA) is 139 Å². The number of aryl methyl sites for hydroxylation is 1. The van der Waals surface area contributed by atoms with Gasteiger partial charge in [0.1, 0.15) is 18.0 Å². The molecule has 0 spiro atoms. The highest BCUT2D eigenvalue weighted by atomic mass is 35.5. The fraction of sp³-hybridized carbons (Fsp3) is 0.250. The highest BCUT2D eigenvalue weighted by Crippen LogP contribution is 2.29. The second kappa shape index (κ2) is 12.3. The smallest absolute Gasteiger partial charge is 0.327 e. The van der Waals surface area contributed by atoms with Crippen molar-refractivity contribution in [3.05, 3.63) is 85.5 Å². The van der Waals surface area contributed by atoms with Crippen LogP contribution >= 0.6 is 34.5 Å². The highest BCUT2D eigenvalue weighted by Gasteiger charge is 2.25. The van der Waals surface area contributed by atoms with Crippen LogP contribution in [0, 0.1) is 0 Å². The van der Waals surface area contributed by atoms with Gasteiger partial charge in [-0.2, -0.15) is 0 Å². The molecule has 3 atom stereocenters. The first-order chi connectivity index (χ1) is 16.7. The van der Waals surface area contributed by atoms with Gasteiger partial charge in [-0.1, -0.05) is 41.4 Å². The number of aliphatic hydroxyl groups is 2. The SMILES string of the molecule is O=C(N[C@@H](CNC(O)c1cccs1)C(=O)O)c1c(Cl)cc(CCC(O)c2cccc(O)c2)cc1Cl. The lowest BCUT2D eigenvalue weighted by atomic mass is 10.00. The molecule has 35 heavy (non-hydrogen) atoms. The minimum absolute atomic E-state index is 0.0348. The first-order valence-electron chi connectivity index (χ1n) is 10.6. The Hall–Kier alpha value is -2.66. The highest BCUT2D eigenvalue weighted by molar-refractivity contribution is 7.10. The Morgan fingerprint density at radius 3 is 2.34 bits per heavy atom. The van der Waals surface area contributed by atoms with Crippen molar-refractivity contribution >= 4 is 46.4 Å². The van der Waals surface area contributed by atoms with E-state index in [0.717, 1.165) is 0 Å². The quantitative estimate of drug-likeness (QED) is 0.203. The molecule has 3 rings (SSSR count). The number of benzene rings is 2. The van der Waals surface area contributed by atoms with Crippen LogP contribution in [0.4, 0.5) is 0 Å². The normalized spacial score (nSPS) is 13.7. The number of carboxylic acids is 1. The molecular weight excluding hydrogens is 515 g/mol. The average Bonchev–Trinajstić information content (AvgIpc) is 3.34. The van der Waals surface area contributed by atoms with Crippen molar-refractivity contribution in [3.63, 3.8) is 0 Å². The van der Waals surface area contributed by atoms with E-state index in [-0.39, 0.29) is 27.9 Å². The van der Waals surface area contributed by atoms with E-state index in [1.54, 1.807) is 29.6 Å². The van der Waals surface area contributed by atoms with E-state index in [2.05, 4.69) is 10.6 Å². The van der Waals surface area contributed by atoms with Crippen LogP contribution in [0.15, 0.2) is 53.9 Å². The summed E-state index contributed by atoms with van der Waals surface area (Å²) in [5.74, 6) is -2.01. The number of aliphatic hydroxyl groups excluding tert-OH is 2. The van der Waals surface area contributed by atoms with Gasteiger partial charge in [0.05, 0.1) is 21.7 Å². The Bertz CT molecular complexity index is 1150. The van der Waals surface area contributed by atoms with Gasteiger partial charge in [-0.15, -0.1) is 11.3 Å². The summed E-state index contributed by atoms with van der Waals surface area (Å²) in [6, 6.07) is 11.5. The van der Waals surface area contributed by atoms with Crippen molar-refractivity contribution in [1.82, 2.24) is 10.6 Å². The van der Waals surface area contributed by atoms with Gasteiger partial charge >= 0.3 is 5.97 Å². The van der Waals surface area contributed by atoms with Crippen LogP contribution in [0.2, 0.25) is 10.0 Å². The Labute approximate surface area is 215 Å². The molecule has 0 aliphatic rings. The van der Waals surface area contributed by atoms with E-state index in [1.165, 1.54) is 35.6 Å². The molecule has 1 amide bonds. The summed E-state index contributed by atoms with van der Waals surface area (Å²) in [5, 5.41) is 46.4. The minimum atomic E-state index is -1.35. The average molecular weight is 539 g/mol. The maximum absolute atomic E-state index is 12.8. The first kappa shape index (κ1) is 26.9. The molecule has 2 aromatic carbocycles. The number of thiophene rings is 1. The third kappa shape index (κ3) is 7.41. The molecule has 2 unspecified atom stereocenters. The summed E-state index contributed by atoms with van der Waals surface area (Å²) in [4.78, 5) is 25.0. The van der Waals surface area contributed by atoms with E-state index in [1.807, 2.05) is 0 Å². The molecule has 0 aliphatic heterocycles. The van der Waals surface area contributed by atoms with E-state index >= 15 is 0 Å². The summed E-state index contributed by atoms with van der Waals surface area (Å²) in [7, 11) is 0. The number of nitrogens with one attached hydrogen (secondary N) is 2. The zero-order chi connectivity index (χ0) is 25.5. The fourth-order valence-corrected chi connectivity index (χ4v) is 4.78. The Morgan fingerprint density at radius 2 is 1.74 bits per heavy atom. The van der Waals surface area contributed by atoms with Gasteiger partial charge < -0.3 is 25.7 Å². The zero-order valence-corrected chi connectivity index (χ0v) is 20.6. The monoisotopic (exact) mass is 538 g/mol. The van der Waals surface area contributed by atoms with Crippen LogP contribution in [0.25, 0.3) is 0 Å². The number of aliphatic carboxylic acids is 1. The summed E-state index contributed by atoms with van der Waals surface area (Å²) >= 11 is 13.9. The van der Waals surface area contributed by atoms with Crippen molar-refractivity contribution in [2.24, 2.45) is 0 Å². The molecule has 6 N–H and O–H groups in total. The minimum Gasteiger partial charge on any atom is -0.508 e. The lowest BCUT2D eigenvalue weighted by molar-refractivity contribution is -0.139. The number of halogens is 2. The molecule has 8 nitrogen and oxygen atoms in total. The molecule has 11 heteroatoms. The van der Waals surface area contributed by atoms with Crippen molar-refractivity contribution < 1.29 is 30.0 Å². The van der Waals surface area contributed by atoms with Gasteiger partial charge in [0, 0.05) is 11.4 Å². The molecular formula is C24H24Cl2N2O6S. The number of hydrogen-bond donors (Lipinski definition) is 6. The molecule has 0 aliphatic carbocycles. The standard InChI is InChI=1S/C24H24Cl2N2O6S/c25-16-9-13(6-7-19(30)14-3-1-4-15(29)11-14)10-17(26)21(16)23(32)28-18(24(33)34)12-27-22(31)20-5-2-8-35-20/h1-5,8-11,18-19,22,27,29-31H,6-7,12H2,(H,28,32)(H,33,34)/t18-,19?,22?/m0/s1. The number of carbonyl (C=O) groups is 2. The number of amides is 1. The summed E-state index contributed by atoms with van der Waals surface area (Å²) in [6.07, 6.45) is -1.19. The largest absolute Gasteiger partial charge is 0.508 e. The number of carboxylic acid groups (broad SMARTS) is 1. The van der Waals surface area contributed by atoms with Crippen molar-refractivity contribution in [1.29, 1.82) is 0 Å². The molecule has 3 aromatic rings. The van der Waals surface area contributed by atoms with Gasteiger partial charge in [0.2, 0.25) is 0 Å². The van der Waals surface area contributed by atoms with Crippen LogP contribution in [0.5, 0.6) is 5.75 Å². The third-order valence-corrected chi connectivity index (χ3v) is 6.74. The van der Waals surface area contributed by atoms with Crippen LogP contribution in [-0.4, -0.2) is 44.9 Å². The second-order valence-corrected chi connectivity index (χ2v) is 9.57. The van der Waals surface area contributed by atoms with E-state index < -0.39 is 30.3 Å². The predicted molar refractivity (Wildman–Crippen MR) is 134 cm³/mol. The maximum atomic E-state index is 12.8. The molecule has 0 saturated carbocycles.